The number of non-ortho nitro benzene ring substituents is 1. The number of ether oxygens (including phenoxy) is 3. The number of dihydropyridines is 1. The number of nitrogens with one attached hydrogen (secondary N) is 2. The standard InChI is InChI=1S/C24H31N3O8/c1-7-34-22(28)18(11-13(2)3)26-24(30)35-21-15(5)25-14(4)19(23(29)33-6)20(21)16-9-8-10-17(12-16)27(31)32/h8-10,12-13,18,20,25H,7,11H2,1-6H3,(H,26,30)/t18-,20-/m0/s1. The Balaban J connectivity index is 2.47. The van der Waals surface area contributed by atoms with Gasteiger partial charge in [-0.15, -0.1) is 0 Å². The number of nitro groups is 1. The van der Waals surface area contributed by atoms with Crippen LogP contribution in [0.25, 0.3) is 0 Å². The fourth-order valence-electron chi connectivity index (χ4n) is 3.83. The van der Waals surface area contributed by atoms with E-state index in [9.17, 15) is 24.5 Å². The van der Waals surface area contributed by atoms with Crippen LogP contribution in [0.3, 0.4) is 0 Å². The van der Waals surface area contributed by atoms with Crippen LogP contribution in [0.5, 0.6) is 0 Å². The third-order valence-electron chi connectivity index (χ3n) is 5.29. The molecule has 2 N–H and O–H groups in total. The predicted octanol–water partition coefficient (Wildman–Crippen LogP) is 3.66. The average molecular weight is 490 g/mol. The Kier molecular flexibility index (Phi) is 9.38. The summed E-state index contributed by atoms with van der Waals surface area (Å²) in [6, 6.07) is 4.76. The number of hydrogen-bond acceptors (Lipinski definition) is 9. The van der Waals surface area contributed by atoms with Crippen molar-refractivity contribution >= 4 is 23.7 Å². The number of rotatable bonds is 9. The molecule has 11 heteroatoms. The van der Waals surface area contributed by atoms with Gasteiger partial charge in [0.1, 0.15) is 11.8 Å². The zero-order valence-electron chi connectivity index (χ0n) is 20.7. The van der Waals surface area contributed by atoms with Crippen molar-refractivity contribution in [1.82, 2.24) is 10.6 Å². The molecule has 0 radical (unpaired) electrons. The molecule has 0 aromatic heterocycles. The van der Waals surface area contributed by atoms with Crippen LogP contribution in [0.1, 0.15) is 52.5 Å². The molecule has 190 valence electrons. The van der Waals surface area contributed by atoms with Gasteiger partial charge in [-0.05, 0) is 38.7 Å². The molecule has 0 bridgehead atoms. The second kappa shape index (κ2) is 12.0. The Morgan fingerprint density at radius 3 is 2.46 bits per heavy atom. The van der Waals surface area contributed by atoms with E-state index in [0.717, 1.165) is 0 Å². The zero-order chi connectivity index (χ0) is 26.3. The summed E-state index contributed by atoms with van der Waals surface area (Å²) in [5.41, 5.74) is 1.15. The maximum Gasteiger partial charge on any atom is 0.413 e. The van der Waals surface area contributed by atoms with Crippen LogP contribution in [-0.4, -0.2) is 42.7 Å². The van der Waals surface area contributed by atoms with Crippen LogP contribution in [-0.2, 0) is 23.8 Å². The number of allylic oxidation sites excluding steroid dienone is 3. The quantitative estimate of drug-likeness (QED) is 0.229. The largest absolute Gasteiger partial charge is 0.466 e. The van der Waals surface area contributed by atoms with E-state index in [1.807, 2.05) is 13.8 Å². The van der Waals surface area contributed by atoms with Gasteiger partial charge in [0.15, 0.2) is 0 Å². The van der Waals surface area contributed by atoms with E-state index >= 15 is 0 Å². The van der Waals surface area contributed by atoms with Crippen molar-refractivity contribution in [3.8, 4) is 0 Å². The van der Waals surface area contributed by atoms with E-state index in [4.69, 9.17) is 14.2 Å². The maximum absolute atomic E-state index is 12.9. The number of hydrogen-bond donors (Lipinski definition) is 2. The molecule has 0 aliphatic carbocycles. The van der Waals surface area contributed by atoms with E-state index in [0.29, 0.717) is 23.4 Å². The van der Waals surface area contributed by atoms with E-state index in [1.165, 1.54) is 25.3 Å². The number of alkyl carbamates (subject to hydrolysis) is 1. The lowest BCUT2D eigenvalue weighted by molar-refractivity contribution is -0.384. The third kappa shape index (κ3) is 6.81. The summed E-state index contributed by atoms with van der Waals surface area (Å²) in [6.45, 7) is 8.89. The van der Waals surface area contributed by atoms with Crippen molar-refractivity contribution in [3.05, 3.63) is 62.7 Å². The van der Waals surface area contributed by atoms with Crippen molar-refractivity contribution in [2.45, 2.75) is 53.0 Å². The van der Waals surface area contributed by atoms with Crippen LogP contribution in [0.15, 0.2) is 47.0 Å². The first kappa shape index (κ1) is 27.4. The predicted molar refractivity (Wildman–Crippen MR) is 126 cm³/mol. The fourth-order valence-corrected chi connectivity index (χ4v) is 3.83. The second-order valence-electron chi connectivity index (χ2n) is 8.40. The first-order valence-electron chi connectivity index (χ1n) is 11.2. The number of carbonyl (C=O) groups is 3. The van der Waals surface area contributed by atoms with Gasteiger partial charge in [0.25, 0.3) is 5.69 Å². The van der Waals surface area contributed by atoms with Crippen LogP contribution >= 0.6 is 0 Å². The van der Waals surface area contributed by atoms with Crippen molar-refractivity contribution in [1.29, 1.82) is 0 Å². The molecule has 2 rings (SSSR count). The van der Waals surface area contributed by atoms with Gasteiger partial charge in [-0.1, -0.05) is 26.0 Å². The Bertz CT molecular complexity index is 1060. The van der Waals surface area contributed by atoms with Gasteiger partial charge in [0.2, 0.25) is 0 Å². The number of nitrogens with zero attached hydrogens (tertiary/aromatic N) is 1. The summed E-state index contributed by atoms with van der Waals surface area (Å²) >= 11 is 0. The normalized spacial score (nSPS) is 16.4. The molecule has 1 aromatic rings. The van der Waals surface area contributed by atoms with Gasteiger partial charge in [-0.25, -0.2) is 14.4 Å². The molecule has 1 aliphatic heterocycles. The van der Waals surface area contributed by atoms with Crippen molar-refractivity contribution in [2.75, 3.05) is 13.7 Å². The molecule has 1 heterocycles. The Morgan fingerprint density at radius 1 is 1.20 bits per heavy atom. The molecule has 0 saturated carbocycles. The van der Waals surface area contributed by atoms with Crippen LogP contribution in [0.2, 0.25) is 0 Å². The Morgan fingerprint density at radius 2 is 1.89 bits per heavy atom. The highest BCUT2D eigenvalue weighted by Crippen LogP contribution is 2.40. The molecule has 0 fully saturated rings. The summed E-state index contributed by atoms with van der Waals surface area (Å²) in [6.07, 6.45) is -0.607. The van der Waals surface area contributed by atoms with E-state index < -0.39 is 34.9 Å². The molecule has 1 amide bonds. The molecule has 11 nitrogen and oxygen atoms in total. The topological polar surface area (TPSA) is 146 Å². The number of esters is 2. The highest BCUT2D eigenvalue weighted by molar-refractivity contribution is 5.92. The average Bonchev–Trinajstić information content (AvgIpc) is 2.79. The highest BCUT2D eigenvalue weighted by atomic mass is 16.6. The van der Waals surface area contributed by atoms with E-state index in [2.05, 4.69) is 10.6 Å². The first-order chi connectivity index (χ1) is 16.5. The molecular weight excluding hydrogens is 458 g/mol. The van der Waals surface area contributed by atoms with Gasteiger partial charge >= 0.3 is 18.0 Å². The maximum atomic E-state index is 12.9. The minimum Gasteiger partial charge on any atom is -0.466 e. The Labute approximate surface area is 203 Å². The van der Waals surface area contributed by atoms with Crippen molar-refractivity contribution < 1.29 is 33.5 Å². The summed E-state index contributed by atoms with van der Waals surface area (Å²) < 4.78 is 15.6. The smallest absolute Gasteiger partial charge is 0.413 e. The molecule has 1 aromatic carbocycles. The molecule has 1 aliphatic rings. The Hall–Kier alpha value is -3.89. The number of benzene rings is 1. The zero-order valence-corrected chi connectivity index (χ0v) is 20.7. The summed E-state index contributed by atoms with van der Waals surface area (Å²) in [7, 11) is 1.21. The number of carbonyl (C=O) groups excluding carboxylic acids is 3. The van der Waals surface area contributed by atoms with Gasteiger partial charge in [0.05, 0.1) is 35.8 Å². The lowest BCUT2D eigenvalue weighted by Gasteiger charge is -2.30. The summed E-state index contributed by atoms with van der Waals surface area (Å²) in [5.74, 6) is -2.13. The van der Waals surface area contributed by atoms with Gasteiger partial charge in [-0.2, -0.15) is 0 Å². The molecule has 0 unspecified atom stereocenters. The summed E-state index contributed by atoms with van der Waals surface area (Å²) in [5, 5.41) is 16.9. The minimum absolute atomic E-state index is 0.0427. The number of amides is 1. The summed E-state index contributed by atoms with van der Waals surface area (Å²) in [4.78, 5) is 48.7. The van der Waals surface area contributed by atoms with Crippen molar-refractivity contribution in [2.24, 2.45) is 5.92 Å². The van der Waals surface area contributed by atoms with Crippen LogP contribution in [0, 0.1) is 16.0 Å². The second-order valence-corrected chi connectivity index (χ2v) is 8.40. The molecule has 2 atom stereocenters. The fraction of sp³-hybridized carbons (Fsp3) is 0.458. The molecular formula is C24H31N3O8. The highest BCUT2D eigenvalue weighted by Gasteiger charge is 2.37. The van der Waals surface area contributed by atoms with Crippen molar-refractivity contribution in [3.63, 3.8) is 0 Å². The minimum atomic E-state index is -0.972. The van der Waals surface area contributed by atoms with Gasteiger partial charge < -0.3 is 24.8 Å². The lowest BCUT2D eigenvalue weighted by Crippen LogP contribution is -2.43. The molecule has 0 saturated heterocycles. The lowest BCUT2D eigenvalue weighted by atomic mass is 9.85. The van der Waals surface area contributed by atoms with Crippen LogP contribution in [0.4, 0.5) is 10.5 Å². The molecule has 35 heavy (non-hydrogen) atoms. The molecule has 0 spiro atoms. The number of nitro benzene ring substituents is 1. The SMILES string of the molecule is CCOC(=O)[C@H](CC(C)C)NC(=O)OC1=C(C)NC(C)=C(C(=O)OC)[C@@H]1c1cccc([N+](=O)[O-])c1. The first-order valence-corrected chi connectivity index (χ1v) is 11.2. The van der Waals surface area contributed by atoms with Gasteiger partial charge in [0, 0.05) is 17.8 Å². The van der Waals surface area contributed by atoms with E-state index in [-0.39, 0.29) is 29.5 Å². The van der Waals surface area contributed by atoms with Gasteiger partial charge in [-0.3, -0.25) is 10.1 Å². The third-order valence-corrected chi connectivity index (χ3v) is 5.29. The number of methoxy groups -OCH3 is 1. The van der Waals surface area contributed by atoms with E-state index in [1.54, 1.807) is 26.8 Å². The van der Waals surface area contributed by atoms with Crippen LogP contribution < -0.4 is 10.6 Å². The monoisotopic (exact) mass is 489 g/mol.